The highest BCUT2D eigenvalue weighted by molar-refractivity contribution is 7.90. The summed E-state index contributed by atoms with van der Waals surface area (Å²) in [7, 11) is -1.98. The van der Waals surface area contributed by atoms with Gasteiger partial charge in [-0.25, -0.2) is 17.4 Å². The number of nitrogen functional groups attached to an aromatic ring is 1. The van der Waals surface area contributed by atoms with Crippen LogP contribution in [0.25, 0.3) is 0 Å². The second-order valence-electron chi connectivity index (χ2n) is 7.75. The summed E-state index contributed by atoms with van der Waals surface area (Å²) in [6.45, 7) is 5.22. The molecular formula is C22H25N5O4S. The molecule has 1 aromatic carbocycles. The van der Waals surface area contributed by atoms with Gasteiger partial charge in [0.05, 0.1) is 22.7 Å². The van der Waals surface area contributed by atoms with Crippen molar-refractivity contribution in [2.24, 2.45) is 0 Å². The number of likely N-dealkylation sites (N-methyl/N-ethyl adjacent to an activating group) is 1. The molecule has 3 heterocycles. The van der Waals surface area contributed by atoms with E-state index in [1.807, 2.05) is 25.8 Å². The van der Waals surface area contributed by atoms with Crippen LogP contribution in [0.15, 0.2) is 47.6 Å². The Bertz CT molecular complexity index is 1280. The van der Waals surface area contributed by atoms with Crippen LogP contribution >= 0.6 is 0 Å². The number of hydrogen-bond donors (Lipinski definition) is 2. The first kappa shape index (κ1) is 21.7. The Morgan fingerprint density at radius 2 is 2.03 bits per heavy atom. The summed E-state index contributed by atoms with van der Waals surface area (Å²) < 4.78 is 32.9. The molecule has 3 aromatic rings. The number of nitrogens with two attached hydrogens (primary N) is 1. The number of benzene rings is 1. The number of pyridine rings is 1. The van der Waals surface area contributed by atoms with Gasteiger partial charge in [0, 0.05) is 31.7 Å². The Kier molecular flexibility index (Phi) is 5.55. The van der Waals surface area contributed by atoms with Crippen LogP contribution in [-0.2, 0) is 16.6 Å². The molecule has 0 saturated heterocycles. The predicted octanol–water partition coefficient (Wildman–Crippen LogP) is 2.08. The second kappa shape index (κ2) is 8.19. The molecule has 0 fully saturated rings. The summed E-state index contributed by atoms with van der Waals surface area (Å²) in [6, 6.07) is 7.97. The van der Waals surface area contributed by atoms with Crippen molar-refractivity contribution >= 4 is 27.4 Å². The topological polar surface area (TPSA) is 120 Å². The first-order valence-electron chi connectivity index (χ1n) is 10.1. The molecular weight excluding hydrogens is 430 g/mol. The molecule has 168 valence electrons. The summed E-state index contributed by atoms with van der Waals surface area (Å²) in [5, 5.41) is 2.82. The lowest BCUT2D eigenvalue weighted by molar-refractivity contribution is 0.0951. The fourth-order valence-corrected chi connectivity index (χ4v) is 4.92. The first-order chi connectivity index (χ1) is 15.2. The van der Waals surface area contributed by atoms with E-state index in [0.717, 1.165) is 20.8 Å². The van der Waals surface area contributed by atoms with Gasteiger partial charge in [-0.05, 0) is 55.3 Å². The average Bonchev–Trinajstić information content (AvgIpc) is 3.24. The highest BCUT2D eigenvalue weighted by atomic mass is 32.2. The van der Waals surface area contributed by atoms with E-state index in [-0.39, 0.29) is 22.9 Å². The van der Waals surface area contributed by atoms with Gasteiger partial charge in [-0.2, -0.15) is 0 Å². The van der Waals surface area contributed by atoms with Gasteiger partial charge < -0.3 is 20.7 Å². The number of nitrogens with one attached hydrogen (secondary N) is 1. The Labute approximate surface area is 186 Å². The number of anilines is 2. The predicted molar refractivity (Wildman–Crippen MR) is 122 cm³/mol. The monoisotopic (exact) mass is 455 g/mol. The number of hydrogen-bond acceptors (Lipinski definition) is 7. The van der Waals surface area contributed by atoms with Crippen LogP contribution in [0.1, 0.15) is 27.2 Å². The Hall–Kier alpha value is -3.53. The third-order valence-electron chi connectivity index (χ3n) is 5.53. The minimum Gasteiger partial charge on any atom is -0.490 e. The molecule has 9 nitrogen and oxygen atoms in total. The van der Waals surface area contributed by atoms with E-state index < -0.39 is 10.0 Å². The molecule has 3 N–H and O–H groups in total. The molecule has 0 bridgehead atoms. The number of amides is 1. The van der Waals surface area contributed by atoms with E-state index in [1.54, 1.807) is 18.2 Å². The van der Waals surface area contributed by atoms with Crippen molar-refractivity contribution in [2.75, 3.05) is 30.8 Å². The summed E-state index contributed by atoms with van der Waals surface area (Å²) in [5.74, 6) is 0.693. The lowest BCUT2D eigenvalue weighted by Gasteiger charge is -2.28. The van der Waals surface area contributed by atoms with E-state index >= 15 is 0 Å². The van der Waals surface area contributed by atoms with E-state index in [2.05, 4.69) is 10.3 Å². The highest BCUT2D eigenvalue weighted by Crippen LogP contribution is 2.33. The van der Waals surface area contributed by atoms with Crippen LogP contribution < -0.4 is 20.7 Å². The summed E-state index contributed by atoms with van der Waals surface area (Å²) in [5.41, 5.74) is 9.24. The van der Waals surface area contributed by atoms with Crippen molar-refractivity contribution in [3.63, 3.8) is 0 Å². The number of rotatable bonds is 5. The highest BCUT2D eigenvalue weighted by Gasteiger charge is 2.23. The number of aromatic nitrogens is 2. The molecule has 0 spiro atoms. The molecule has 0 aliphatic carbocycles. The van der Waals surface area contributed by atoms with Crippen molar-refractivity contribution < 1.29 is 17.9 Å². The third kappa shape index (κ3) is 4.01. The first-order valence-corrected chi connectivity index (χ1v) is 11.5. The molecule has 10 heteroatoms. The van der Waals surface area contributed by atoms with Crippen LogP contribution in [0.5, 0.6) is 5.75 Å². The van der Waals surface area contributed by atoms with Crippen LogP contribution in [0, 0.1) is 13.8 Å². The van der Waals surface area contributed by atoms with Gasteiger partial charge in [-0.3, -0.25) is 4.79 Å². The zero-order chi connectivity index (χ0) is 23.0. The lowest BCUT2D eigenvalue weighted by atomic mass is 10.1. The number of nitrogens with zero attached hydrogens (tertiary/aromatic N) is 3. The third-order valence-corrected chi connectivity index (χ3v) is 7.16. The molecule has 0 atom stereocenters. The average molecular weight is 456 g/mol. The molecule has 32 heavy (non-hydrogen) atoms. The van der Waals surface area contributed by atoms with Gasteiger partial charge in [-0.1, -0.05) is 0 Å². The van der Waals surface area contributed by atoms with Gasteiger partial charge in [0.25, 0.3) is 15.9 Å². The van der Waals surface area contributed by atoms with Gasteiger partial charge in [0.2, 0.25) is 0 Å². The van der Waals surface area contributed by atoms with Crippen molar-refractivity contribution in [2.45, 2.75) is 25.3 Å². The standard InChI is InChI=1S/C22H25N5O4S/c1-14-10-21(23)25-15(2)18(14)12-24-22(28)16-6-7-27(13-16)32(29,30)17-4-5-20-19(11-17)26(3)8-9-31-20/h4-7,10-11,13H,8-9,12H2,1-3H3,(H2,23,25)(H,24,28). The maximum atomic E-state index is 13.1. The number of carbonyl (C=O) groups is 1. The SMILES string of the molecule is Cc1cc(N)nc(C)c1CNC(=O)c1ccn(S(=O)(=O)c2ccc3c(c2)N(C)CCO3)c1. The molecule has 1 aliphatic heterocycles. The zero-order valence-corrected chi connectivity index (χ0v) is 18.9. The zero-order valence-electron chi connectivity index (χ0n) is 18.1. The van der Waals surface area contributed by atoms with E-state index in [9.17, 15) is 13.2 Å². The van der Waals surface area contributed by atoms with Gasteiger partial charge in [0.15, 0.2) is 0 Å². The number of ether oxygens (including phenoxy) is 1. The van der Waals surface area contributed by atoms with E-state index in [4.69, 9.17) is 10.5 Å². The second-order valence-corrected chi connectivity index (χ2v) is 9.59. The Balaban J connectivity index is 1.53. The molecule has 0 unspecified atom stereocenters. The number of fused-ring (bicyclic) bond motifs is 1. The molecule has 1 aliphatic rings. The summed E-state index contributed by atoms with van der Waals surface area (Å²) >= 11 is 0. The van der Waals surface area contributed by atoms with Crippen LogP contribution in [0.4, 0.5) is 11.5 Å². The summed E-state index contributed by atoms with van der Waals surface area (Å²) in [6.07, 6.45) is 2.68. The molecule has 1 amide bonds. The van der Waals surface area contributed by atoms with Gasteiger partial charge in [0.1, 0.15) is 18.2 Å². The van der Waals surface area contributed by atoms with Crippen LogP contribution in [0.3, 0.4) is 0 Å². The van der Waals surface area contributed by atoms with Crippen molar-refractivity contribution in [1.82, 2.24) is 14.3 Å². The number of aryl methyl sites for hydroxylation is 2. The number of carbonyl (C=O) groups excluding carboxylic acids is 1. The van der Waals surface area contributed by atoms with Crippen molar-refractivity contribution in [3.05, 3.63) is 65.1 Å². The molecule has 4 rings (SSSR count). The maximum Gasteiger partial charge on any atom is 0.267 e. The Morgan fingerprint density at radius 1 is 1.25 bits per heavy atom. The fourth-order valence-electron chi connectivity index (χ4n) is 3.70. The summed E-state index contributed by atoms with van der Waals surface area (Å²) in [4.78, 5) is 18.9. The van der Waals surface area contributed by atoms with Gasteiger partial charge >= 0.3 is 0 Å². The minimum atomic E-state index is -3.86. The largest absolute Gasteiger partial charge is 0.490 e. The van der Waals surface area contributed by atoms with Crippen LogP contribution in [-0.4, -0.2) is 43.5 Å². The molecule has 0 radical (unpaired) electrons. The quantitative estimate of drug-likeness (QED) is 0.604. The lowest BCUT2D eigenvalue weighted by Crippen LogP contribution is -2.29. The van der Waals surface area contributed by atoms with Gasteiger partial charge in [-0.15, -0.1) is 0 Å². The van der Waals surface area contributed by atoms with Crippen LogP contribution in [0.2, 0.25) is 0 Å². The fraction of sp³-hybridized carbons (Fsp3) is 0.273. The normalized spacial score (nSPS) is 13.4. The Morgan fingerprint density at radius 3 is 2.78 bits per heavy atom. The van der Waals surface area contributed by atoms with E-state index in [0.29, 0.717) is 30.4 Å². The smallest absolute Gasteiger partial charge is 0.267 e. The molecule has 0 saturated carbocycles. The maximum absolute atomic E-state index is 13.1. The van der Waals surface area contributed by atoms with E-state index in [1.165, 1.54) is 24.5 Å². The van der Waals surface area contributed by atoms with Crippen molar-refractivity contribution in [1.29, 1.82) is 0 Å². The minimum absolute atomic E-state index is 0.121. The van der Waals surface area contributed by atoms with Crippen molar-refractivity contribution in [3.8, 4) is 5.75 Å². The molecule has 2 aromatic heterocycles.